The Kier molecular flexibility index (Phi) is 4.39. The van der Waals surface area contributed by atoms with Gasteiger partial charge < -0.3 is 4.74 Å². The van der Waals surface area contributed by atoms with E-state index in [-0.39, 0.29) is 11.7 Å². The Labute approximate surface area is 140 Å². The molecule has 0 unspecified atom stereocenters. The van der Waals surface area contributed by atoms with E-state index in [2.05, 4.69) is 9.97 Å². The van der Waals surface area contributed by atoms with Gasteiger partial charge in [0.15, 0.2) is 5.82 Å². The predicted molar refractivity (Wildman–Crippen MR) is 84.4 cm³/mol. The van der Waals surface area contributed by atoms with Gasteiger partial charge in [-0.05, 0) is 23.3 Å². The molecular weight excluding hydrogens is 336 g/mol. The fourth-order valence-corrected chi connectivity index (χ4v) is 2.32. The van der Waals surface area contributed by atoms with E-state index in [1.165, 1.54) is 19.2 Å². The lowest BCUT2D eigenvalue weighted by Gasteiger charge is -2.09. The van der Waals surface area contributed by atoms with Crippen LogP contribution in [0, 0.1) is 5.82 Å². The van der Waals surface area contributed by atoms with Crippen molar-refractivity contribution >= 4 is 0 Å². The van der Waals surface area contributed by atoms with Crippen LogP contribution < -0.4 is 4.74 Å². The molecule has 7 heteroatoms. The van der Waals surface area contributed by atoms with Crippen LogP contribution in [0.3, 0.4) is 0 Å². The van der Waals surface area contributed by atoms with Gasteiger partial charge in [0.1, 0.15) is 5.69 Å². The zero-order valence-corrected chi connectivity index (χ0v) is 13.0. The van der Waals surface area contributed by atoms with Gasteiger partial charge in [-0.1, -0.05) is 36.4 Å². The fourth-order valence-electron chi connectivity index (χ4n) is 2.32. The van der Waals surface area contributed by atoms with E-state index in [4.69, 9.17) is 4.74 Å². The number of hydrogen-bond donors (Lipinski definition) is 0. The van der Waals surface area contributed by atoms with Crippen LogP contribution in [0.1, 0.15) is 5.56 Å². The van der Waals surface area contributed by atoms with Crippen LogP contribution in [0.5, 0.6) is 6.01 Å². The molecule has 1 aromatic heterocycles. The SMILES string of the molecule is COc1ncc(F)c(-c2ccc(-c3ccc(C(F)(F)F)cc3)cc2)n1. The summed E-state index contributed by atoms with van der Waals surface area (Å²) in [6.07, 6.45) is -3.35. The van der Waals surface area contributed by atoms with Crippen molar-refractivity contribution in [2.75, 3.05) is 7.11 Å². The van der Waals surface area contributed by atoms with Crippen molar-refractivity contribution in [1.82, 2.24) is 9.97 Å². The standard InChI is InChI=1S/C18H12F4N2O/c1-25-17-23-10-15(19)16(24-17)13-4-2-11(3-5-13)12-6-8-14(9-7-12)18(20,21)22/h2-10H,1H3. The molecule has 0 spiro atoms. The average molecular weight is 348 g/mol. The maximum absolute atomic E-state index is 13.9. The smallest absolute Gasteiger partial charge is 0.416 e. The fraction of sp³-hybridized carbons (Fsp3) is 0.111. The van der Waals surface area contributed by atoms with Gasteiger partial charge in [0.25, 0.3) is 0 Å². The third kappa shape index (κ3) is 3.60. The van der Waals surface area contributed by atoms with Gasteiger partial charge in [0, 0.05) is 5.56 Å². The highest BCUT2D eigenvalue weighted by Crippen LogP contribution is 2.31. The van der Waals surface area contributed by atoms with Gasteiger partial charge in [-0.3, -0.25) is 0 Å². The molecule has 25 heavy (non-hydrogen) atoms. The maximum Gasteiger partial charge on any atom is 0.416 e. The first-order chi connectivity index (χ1) is 11.9. The van der Waals surface area contributed by atoms with Crippen LogP contribution in [0.2, 0.25) is 0 Å². The molecule has 0 N–H and O–H groups in total. The summed E-state index contributed by atoms with van der Waals surface area (Å²) in [5, 5.41) is 0. The molecule has 2 aromatic carbocycles. The molecule has 0 aliphatic carbocycles. The second kappa shape index (κ2) is 6.51. The van der Waals surface area contributed by atoms with E-state index in [9.17, 15) is 17.6 Å². The van der Waals surface area contributed by atoms with E-state index in [1.807, 2.05) is 0 Å². The molecule has 0 aliphatic rings. The number of hydrogen-bond acceptors (Lipinski definition) is 3. The molecule has 3 aromatic rings. The van der Waals surface area contributed by atoms with E-state index in [1.54, 1.807) is 24.3 Å². The van der Waals surface area contributed by atoms with Gasteiger partial charge >= 0.3 is 12.2 Å². The first kappa shape index (κ1) is 16.9. The van der Waals surface area contributed by atoms with Crippen molar-refractivity contribution in [3.8, 4) is 28.4 Å². The summed E-state index contributed by atoms with van der Waals surface area (Å²) in [5.74, 6) is -0.594. The number of aromatic nitrogens is 2. The Morgan fingerprint density at radius 2 is 1.36 bits per heavy atom. The summed E-state index contributed by atoms with van der Waals surface area (Å²) in [6, 6.07) is 11.5. The largest absolute Gasteiger partial charge is 0.467 e. The lowest BCUT2D eigenvalue weighted by molar-refractivity contribution is -0.137. The highest BCUT2D eigenvalue weighted by atomic mass is 19.4. The highest BCUT2D eigenvalue weighted by Gasteiger charge is 2.29. The van der Waals surface area contributed by atoms with E-state index in [0.29, 0.717) is 16.7 Å². The molecule has 0 fully saturated rings. The molecule has 0 amide bonds. The predicted octanol–water partition coefficient (Wildman–Crippen LogP) is 4.98. The molecule has 0 saturated heterocycles. The van der Waals surface area contributed by atoms with Crippen LogP contribution in [0.25, 0.3) is 22.4 Å². The summed E-state index contributed by atoms with van der Waals surface area (Å²) in [4.78, 5) is 7.64. The van der Waals surface area contributed by atoms with E-state index in [0.717, 1.165) is 18.3 Å². The Hall–Kier alpha value is -2.96. The number of benzene rings is 2. The van der Waals surface area contributed by atoms with Crippen molar-refractivity contribution in [2.24, 2.45) is 0 Å². The van der Waals surface area contributed by atoms with Gasteiger partial charge in [0.05, 0.1) is 18.9 Å². The Morgan fingerprint density at radius 1 is 0.840 bits per heavy atom. The van der Waals surface area contributed by atoms with Crippen LogP contribution in [0.4, 0.5) is 17.6 Å². The summed E-state index contributed by atoms with van der Waals surface area (Å²) in [6.45, 7) is 0. The van der Waals surface area contributed by atoms with Gasteiger partial charge in [-0.15, -0.1) is 0 Å². The number of nitrogens with zero attached hydrogens (tertiary/aromatic N) is 2. The average Bonchev–Trinajstić information content (AvgIpc) is 2.62. The van der Waals surface area contributed by atoms with Crippen LogP contribution in [0.15, 0.2) is 54.7 Å². The lowest BCUT2D eigenvalue weighted by atomic mass is 10.0. The Balaban J connectivity index is 1.90. The molecule has 1 heterocycles. The first-order valence-electron chi connectivity index (χ1n) is 7.23. The van der Waals surface area contributed by atoms with Gasteiger partial charge in [-0.2, -0.15) is 18.2 Å². The Morgan fingerprint density at radius 3 is 1.88 bits per heavy atom. The molecule has 128 valence electrons. The third-order valence-corrected chi connectivity index (χ3v) is 3.61. The molecular formula is C18H12F4N2O. The van der Waals surface area contributed by atoms with Crippen molar-refractivity contribution in [3.63, 3.8) is 0 Å². The van der Waals surface area contributed by atoms with Crippen molar-refractivity contribution in [3.05, 3.63) is 66.1 Å². The maximum atomic E-state index is 13.9. The van der Waals surface area contributed by atoms with Crippen LogP contribution in [-0.4, -0.2) is 17.1 Å². The van der Waals surface area contributed by atoms with Crippen molar-refractivity contribution < 1.29 is 22.3 Å². The molecule has 0 radical (unpaired) electrons. The van der Waals surface area contributed by atoms with E-state index >= 15 is 0 Å². The molecule has 0 bridgehead atoms. The second-order valence-corrected chi connectivity index (χ2v) is 5.21. The monoisotopic (exact) mass is 348 g/mol. The highest BCUT2D eigenvalue weighted by molar-refractivity contribution is 5.69. The number of methoxy groups -OCH3 is 1. The van der Waals surface area contributed by atoms with E-state index < -0.39 is 17.6 Å². The minimum absolute atomic E-state index is 0.0446. The lowest BCUT2D eigenvalue weighted by Crippen LogP contribution is -2.03. The first-order valence-corrected chi connectivity index (χ1v) is 7.23. The molecule has 0 atom stereocenters. The Bertz CT molecular complexity index is 875. The summed E-state index contributed by atoms with van der Waals surface area (Å²) in [7, 11) is 1.38. The van der Waals surface area contributed by atoms with Crippen LogP contribution in [-0.2, 0) is 6.18 Å². The zero-order chi connectivity index (χ0) is 18.0. The minimum Gasteiger partial charge on any atom is -0.467 e. The van der Waals surface area contributed by atoms with Crippen molar-refractivity contribution in [1.29, 1.82) is 0 Å². The van der Waals surface area contributed by atoms with Crippen molar-refractivity contribution in [2.45, 2.75) is 6.18 Å². The number of rotatable bonds is 3. The minimum atomic E-state index is -4.37. The van der Waals surface area contributed by atoms with Gasteiger partial charge in [-0.25, -0.2) is 9.37 Å². The van der Waals surface area contributed by atoms with Gasteiger partial charge in [0.2, 0.25) is 0 Å². The number of halogens is 4. The second-order valence-electron chi connectivity index (χ2n) is 5.21. The van der Waals surface area contributed by atoms with Crippen LogP contribution >= 0.6 is 0 Å². The molecule has 3 nitrogen and oxygen atoms in total. The summed E-state index contributed by atoms with van der Waals surface area (Å²) in [5.41, 5.74) is 1.22. The normalized spacial score (nSPS) is 11.4. The third-order valence-electron chi connectivity index (χ3n) is 3.61. The number of ether oxygens (including phenoxy) is 1. The molecule has 0 aliphatic heterocycles. The number of alkyl halides is 3. The summed E-state index contributed by atoms with van der Waals surface area (Å²) >= 11 is 0. The topological polar surface area (TPSA) is 35.0 Å². The molecule has 0 saturated carbocycles. The quantitative estimate of drug-likeness (QED) is 0.627. The molecule has 3 rings (SSSR count). The summed E-state index contributed by atoms with van der Waals surface area (Å²) < 4.78 is 56.6. The zero-order valence-electron chi connectivity index (χ0n) is 13.0.